The van der Waals surface area contributed by atoms with E-state index >= 15 is 0 Å². The van der Waals surface area contributed by atoms with Crippen molar-refractivity contribution in [2.24, 2.45) is 0 Å². The van der Waals surface area contributed by atoms with Crippen molar-refractivity contribution < 1.29 is 14.3 Å². The minimum atomic E-state index is -0.724. The molecular weight excluding hydrogens is 380 g/mol. The summed E-state index contributed by atoms with van der Waals surface area (Å²) in [5, 5.41) is 7.44. The molecule has 7 nitrogen and oxygen atoms in total. The van der Waals surface area contributed by atoms with Crippen LogP contribution in [-0.2, 0) is 28.9 Å². The van der Waals surface area contributed by atoms with E-state index in [9.17, 15) is 9.59 Å². The number of ether oxygens (including phenoxy) is 1. The summed E-state index contributed by atoms with van der Waals surface area (Å²) in [5.74, 6) is -0.757. The van der Waals surface area contributed by atoms with E-state index in [4.69, 9.17) is 9.84 Å². The van der Waals surface area contributed by atoms with Gasteiger partial charge in [0, 0.05) is 17.3 Å². The van der Waals surface area contributed by atoms with Gasteiger partial charge in [0.1, 0.15) is 11.7 Å². The Kier molecular flexibility index (Phi) is 4.43. The average Bonchev–Trinajstić information content (AvgIpc) is 3.17. The van der Waals surface area contributed by atoms with Crippen LogP contribution in [0.4, 0.5) is 0 Å². The minimum Gasteiger partial charge on any atom is -0.467 e. The molecule has 1 unspecified atom stereocenters. The number of benzene rings is 1. The number of aromatic nitrogens is 3. The van der Waals surface area contributed by atoms with Crippen LogP contribution in [0.25, 0.3) is 23.4 Å². The Morgan fingerprint density at radius 3 is 2.87 bits per heavy atom. The molecule has 1 atom stereocenters. The van der Waals surface area contributed by atoms with Crippen LogP contribution >= 0.6 is 0 Å². The Bertz CT molecular complexity index is 1180. The van der Waals surface area contributed by atoms with E-state index in [2.05, 4.69) is 10.3 Å². The largest absolute Gasteiger partial charge is 0.467 e. The van der Waals surface area contributed by atoms with Crippen molar-refractivity contribution in [1.82, 2.24) is 20.1 Å². The van der Waals surface area contributed by atoms with Crippen molar-refractivity contribution >= 4 is 24.0 Å². The first kappa shape index (κ1) is 18.3. The lowest BCUT2D eigenvalue weighted by molar-refractivity contribution is -0.143. The van der Waals surface area contributed by atoms with Crippen molar-refractivity contribution in [2.45, 2.75) is 25.4 Å². The number of fused-ring (bicyclic) bond motifs is 5. The van der Waals surface area contributed by atoms with Gasteiger partial charge in [0.2, 0.25) is 0 Å². The van der Waals surface area contributed by atoms with Crippen molar-refractivity contribution in [3.05, 3.63) is 70.7 Å². The minimum absolute atomic E-state index is 0.266. The van der Waals surface area contributed by atoms with Gasteiger partial charge in [-0.25, -0.2) is 4.79 Å². The molecule has 150 valence electrons. The predicted molar refractivity (Wildman–Crippen MR) is 112 cm³/mol. The molecule has 1 N–H and O–H groups in total. The van der Waals surface area contributed by atoms with E-state index < -0.39 is 12.0 Å². The highest BCUT2D eigenvalue weighted by molar-refractivity contribution is 5.99. The Morgan fingerprint density at radius 1 is 1.23 bits per heavy atom. The molecule has 1 aromatic carbocycles. The summed E-state index contributed by atoms with van der Waals surface area (Å²) in [6, 6.07) is 11.3. The number of pyridine rings is 1. The standard InChI is InChI=1S/C23H20N4O3/c1-30-23(29)19-13-27-21(22(28)25-19)17-10-8-15-12-24-16(11-18(15)20(17)26-27)9-7-14-5-3-2-4-6-14/h2-7,9,11-12,19H,8,10,13H2,1H3,(H,25,28). The molecule has 0 saturated carbocycles. The van der Waals surface area contributed by atoms with Crippen LogP contribution in [0.15, 0.2) is 42.6 Å². The number of aryl methyl sites for hydroxylation is 1. The lowest BCUT2D eigenvalue weighted by Gasteiger charge is -2.23. The molecule has 2 aliphatic rings. The molecule has 3 aromatic rings. The Labute approximate surface area is 173 Å². The summed E-state index contributed by atoms with van der Waals surface area (Å²) in [7, 11) is 1.31. The molecule has 5 rings (SSSR count). The third-order valence-corrected chi connectivity index (χ3v) is 5.57. The highest BCUT2D eigenvalue weighted by atomic mass is 16.5. The molecule has 1 amide bonds. The van der Waals surface area contributed by atoms with Crippen LogP contribution in [0.5, 0.6) is 0 Å². The van der Waals surface area contributed by atoms with Gasteiger partial charge in [-0.15, -0.1) is 0 Å². The highest BCUT2D eigenvalue weighted by Crippen LogP contribution is 2.35. The Balaban J connectivity index is 1.52. The molecule has 0 saturated heterocycles. The molecule has 0 bridgehead atoms. The number of amides is 1. The van der Waals surface area contributed by atoms with Gasteiger partial charge in [-0.1, -0.05) is 36.4 Å². The van der Waals surface area contributed by atoms with Gasteiger partial charge < -0.3 is 10.1 Å². The number of nitrogens with zero attached hydrogens (tertiary/aromatic N) is 3. The van der Waals surface area contributed by atoms with Crippen LogP contribution in [0.2, 0.25) is 0 Å². The van der Waals surface area contributed by atoms with E-state index in [0.29, 0.717) is 5.69 Å². The summed E-state index contributed by atoms with van der Waals surface area (Å²) < 4.78 is 6.42. The first-order valence-corrected chi connectivity index (χ1v) is 9.85. The fraction of sp³-hybridized carbons (Fsp3) is 0.217. The number of esters is 1. The summed E-state index contributed by atoms with van der Waals surface area (Å²) in [4.78, 5) is 29.1. The highest BCUT2D eigenvalue weighted by Gasteiger charge is 2.36. The van der Waals surface area contributed by atoms with Gasteiger partial charge in [0.25, 0.3) is 5.91 Å². The second-order valence-corrected chi connectivity index (χ2v) is 7.42. The van der Waals surface area contributed by atoms with Crippen LogP contribution in [0.3, 0.4) is 0 Å². The zero-order chi connectivity index (χ0) is 20.7. The first-order valence-electron chi connectivity index (χ1n) is 9.85. The number of hydrogen-bond donors (Lipinski definition) is 1. The number of rotatable bonds is 3. The number of methoxy groups -OCH3 is 1. The van der Waals surface area contributed by atoms with Crippen LogP contribution < -0.4 is 5.32 Å². The molecule has 0 fully saturated rings. The predicted octanol–water partition coefficient (Wildman–Crippen LogP) is 2.50. The zero-order valence-corrected chi connectivity index (χ0v) is 16.5. The second kappa shape index (κ2) is 7.26. The smallest absolute Gasteiger partial charge is 0.330 e. The van der Waals surface area contributed by atoms with E-state index in [1.54, 1.807) is 4.68 Å². The maximum absolute atomic E-state index is 12.7. The first-order chi connectivity index (χ1) is 14.6. The molecule has 0 radical (unpaired) electrons. The fourth-order valence-electron chi connectivity index (χ4n) is 4.08. The maximum Gasteiger partial charge on any atom is 0.330 e. The number of carbonyl (C=O) groups is 2. The van der Waals surface area contributed by atoms with Crippen LogP contribution in [0.1, 0.15) is 32.9 Å². The van der Waals surface area contributed by atoms with Gasteiger partial charge >= 0.3 is 5.97 Å². The molecule has 2 aromatic heterocycles. The SMILES string of the molecule is COC(=O)C1Cn2nc3c(c2C(=O)N1)CCc1cnc(C=Cc2ccccc2)cc1-3. The summed E-state index contributed by atoms with van der Waals surface area (Å²) in [5.41, 5.74) is 6.28. The second-order valence-electron chi connectivity index (χ2n) is 7.42. The third-order valence-electron chi connectivity index (χ3n) is 5.57. The number of hydrogen-bond acceptors (Lipinski definition) is 5. The average molecular weight is 400 g/mol. The van der Waals surface area contributed by atoms with E-state index in [1.807, 2.05) is 54.7 Å². The van der Waals surface area contributed by atoms with Crippen LogP contribution in [-0.4, -0.2) is 39.8 Å². The normalized spacial score (nSPS) is 17.1. The fourth-order valence-corrected chi connectivity index (χ4v) is 4.08. The molecule has 0 spiro atoms. The Hall–Kier alpha value is -3.74. The van der Waals surface area contributed by atoms with Crippen molar-refractivity contribution in [2.75, 3.05) is 7.11 Å². The molecule has 1 aliphatic carbocycles. The lowest BCUT2D eigenvalue weighted by Crippen LogP contribution is -2.49. The van der Waals surface area contributed by atoms with Crippen LogP contribution in [0, 0.1) is 0 Å². The van der Waals surface area contributed by atoms with Crippen molar-refractivity contribution in [3.63, 3.8) is 0 Å². The topological polar surface area (TPSA) is 86.1 Å². The monoisotopic (exact) mass is 400 g/mol. The van der Waals surface area contributed by atoms with Gasteiger partial charge in [-0.3, -0.25) is 14.5 Å². The van der Waals surface area contributed by atoms with Gasteiger partial charge in [-0.05, 0) is 36.1 Å². The summed E-state index contributed by atoms with van der Waals surface area (Å²) in [6.45, 7) is 0.266. The van der Waals surface area contributed by atoms with Gasteiger partial charge in [0.15, 0.2) is 0 Å². The van der Waals surface area contributed by atoms with Gasteiger partial charge in [-0.2, -0.15) is 5.10 Å². The van der Waals surface area contributed by atoms with E-state index in [0.717, 1.165) is 46.5 Å². The van der Waals surface area contributed by atoms with Gasteiger partial charge in [0.05, 0.1) is 25.0 Å². The molecule has 7 heteroatoms. The van der Waals surface area contributed by atoms with E-state index in [-0.39, 0.29) is 12.5 Å². The molecule has 1 aliphatic heterocycles. The number of carbonyl (C=O) groups excluding carboxylic acids is 2. The molecular formula is C23H20N4O3. The summed E-state index contributed by atoms with van der Waals surface area (Å²) in [6.07, 6.45) is 7.39. The summed E-state index contributed by atoms with van der Waals surface area (Å²) >= 11 is 0. The zero-order valence-electron chi connectivity index (χ0n) is 16.5. The number of nitrogens with one attached hydrogen (secondary N) is 1. The van der Waals surface area contributed by atoms with E-state index in [1.165, 1.54) is 7.11 Å². The third kappa shape index (κ3) is 3.08. The van der Waals surface area contributed by atoms with Crippen molar-refractivity contribution in [3.8, 4) is 11.3 Å². The maximum atomic E-state index is 12.7. The molecule has 30 heavy (non-hydrogen) atoms. The molecule has 3 heterocycles. The lowest BCUT2D eigenvalue weighted by atomic mass is 9.89. The van der Waals surface area contributed by atoms with Crippen molar-refractivity contribution in [1.29, 1.82) is 0 Å². The quantitative estimate of drug-likeness (QED) is 0.683. The Morgan fingerprint density at radius 2 is 2.07 bits per heavy atom.